The van der Waals surface area contributed by atoms with Crippen LogP contribution in [0, 0.1) is 0 Å². The predicted octanol–water partition coefficient (Wildman–Crippen LogP) is 7.11. The van der Waals surface area contributed by atoms with Gasteiger partial charge in [-0.15, -0.1) is 0 Å². The summed E-state index contributed by atoms with van der Waals surface area (Å²) in [5, 5.41) is 2.27. The molecular weight excluding hydrogens is 651 g/mol. The summed E-state index contributed by atoms with van der Waals surface area (Å²) < 4.78 is 70.4. The number of carbonyl (C=O) groups is 2. The molecule has 4 rings (SSSR count). The molecular formula is C35H35ClF3N3O4S. The summed E-state index contributed by atoms with van der Waals surface area (Å²) in [4.78, 5) is 29.2. The third kappa shape index (κ3) is 9.36. The van der Waals surface area contributed by atoms with E-state index in [1.165, 1.54) is 29.2 Å². The number of benzene rings is 4. The Kier molecular flexibility index (Phi) is 12.1. The van der Waals surface area contributed by atoms with Crippen molar-refractivity contribution in [2.24, 2.45) is 0 Å². The molecule has 1 atom stereocenters. The number of rotatable bonds is 14. The van der Waals surface area contributed by atoms with Gasteiger partial charge >= 0.3 is 6.18 Å². The summed E-state index contributed by atoms with van der Waals surface area (Å²) in [7, 11) is -4.58. The van der Waals surface area contributed by atoms with Gasteiger partial charge in [0.15, 0.2) is 0 Å². The number of hydrogen-bond donors (Lipinski definition) is 1. The van der Waals surface area contributed by atoms with Crippen LogP contribution in [0.5, 0.6) is 0 Å². The summed E-state index contributed by atoms with van der Waals surface area (Å²) >= 11 is 5.86. The zero-order valence-electron chi connectivity index (χ0n) is 25.7. The van der Waals surface area contributed by atoms with Gasteiger partial charge in [0, 0.05) is 19.5 Å². The quantitative estimate of drug-likeness (QED) is 0.143. The fraction of sp³-hybridized carbons (Fsp3) is 0.257. The summed E-state index contributed by atoms with van der Waals surface area (Å²) in [5.41, 5.74) is -0.236. The van der Waals surface area contributed by atoms with E-state index < -0.39 is 56.9 Å². The maximum absolute atomic E-state index is 14.4. The molecule has 0 aliphatic rings. The third-order valence-corrected chi connectivity index (χ3v) is 9.57. The first-order chi connectivity index (χ1) is 22.4. The Morgan fingerprint density at radius 1 is 0.851 bits per heavy atom. The number of amides is 2. The van der Waals surface area contributed by atoms with E-state index in [4.69, 9.17) is 11.6 Å². The molecule has 0 saturated heterocycles. The molecule has 0 aromatic heterocycles. The van der Waals surface area contributed by atoms with E-state index in [9.17, 15) is 31.2 Å². The molecule has 1 N–H and O–H groups in total. The van der Waals surface area contributed by atoms with Gasteiger partial charge in [-0.05, 0) is 47.9 Å². The Bertz CT molecular complexity index is 1740. The first kappa shape index (κ1) is 35.5. The molecule has 0 aliphatic heterocycles. The van der Waals surface area contributed by atoms with Gasteiger partial charge in [-0.1, -0.05) is 104 Å². The second kappa shape index (κ2) is 16.0. The lowest BCUT2D eigenvalue weighted by molar-refractivity contribution is -0.140. The van der Waals surface area contributed by atoms with Gasteiger partial charge in [0.2, 0.25) is 11.8 Å². The molecule has 0 heterocycles. The van der Waals surface area contributed by atoms with Crippen LogP contribution in [-0.2, 0) is 38.8 Å². The lowest BCUT2D eigenvalue weighted by atomic mass is 10.0. The van der Waals surface area contributed by atoms with Crippen LogP contribution < -0.4 is 9.62 Å². The highest BCUT2D eigenvalue weighted by molar-refractivity contribution is 7.92. The summed E-state index contributed by atoms with van der Waals surface area (Å²) in [6.07, 6.45) is -3.25. The molecule has 12 heteroatoms. The Morgan fingerprint density at radius 3 is 2.00 bits per heavy atom. The first-order valence-corrected chi connectivity index (χ1v) is 16.8. The SMILES string of the molecule is CCCCNC(=O)C(Cc1ccccc1)N(Cc1ccccc1)C(=O)CN(c1ccc(Cl)c(C(F)(F)F)c1)S(=O)(=O)c1ccccc1. The molecule has 7 nitrogen and oxygen atoms in total. The van der Waals surface area contributed by atoms with Gasteiger partial charge in [0.05, 0.1) is 21.2 Å². The molecule has 0 fully saturated rings. The maximum Gasteiger partial charge on any atom is 0.417 e. The Balaban J connectivity index is 1.83. The molecule has 0 bridgehead atoms. The number of halogens is 4. The van der Waals surface area contributed by atoms with Crippen LogP contribution in [0.2, 0.25) is 5.02 Å². The van der Waals surface area contributed by atoms with E-state index >= 15 is 0 Å². The highest BCUT2D eigenvalue weighted by Crippen LogP contribution is 2.38. The minimum absolute atomic E-state index is 0.0635. The summed E-state index contributed by atoms with van der Waals surface area (Å²) in [6, 6.07) is 26.6. The van der Waals surface area contributed by atoms with Gasteiger partial charge in [0.1, 0.15) is 12.6 Å². The first-order valence-electron chi connectivity index (χ1n) is 15.0. The fourth-order valence-electron chi connectivity index (χ4n) is 4.97. The van der Waals surface area contributed by atoms with Crippen molar-refractivity contribution < 1.29 is 31.2 Å². The number of unbranched alkanes of at least 4 members (excludes halogenated alkanes) is 1. The molecule has 1 unspecified atom stereocenters. The topological polar surface area (TPSA) is 86.8 Å². The molecule has 0 radical (unpaired) electrons. The van der Waals surface area contributed by atoms with E-state index in [-0.39, 0.29) is 17.9 Å². The van der Waals surface area contributed by atoms with Crippen LogP contribution in [0.4, 0.5) is 18.9 Å². The third-order valence-electron chi connectivity index (χ3n) is 7.45. The number of anilines is 1. The fourth-order valence-corrected chi connectivity index (χ4v) is 6.63. The molecule has 0 saturated carbocycles. The van der Waals surface area contributed by atoms with Crippen LogP contribution >= 0.6 is 11.6 Å². The largest absolute Gasteiger partial charge is 0.417 e. The predicted molar refractivity (Wildman–Crippen MR) is 176 cm³/mol. The zero-order chi connectivity index (χ0) is 34.0. The monoisotopic (exact) mass is 685 g/mol. The highest BCUT2D eigenvalue weighted by atomic mass is 35.5. The molecule has 47 heavy (non-hydrogen) atoms. The molecule has 4 aromatic rings. The van der Waals surface area contributed by atoms with E-state index in [1.54, 1.807) is 48.5 Å². The van der Waals surface area contributed by atoms with Crippen LogP contribution in [-0.4, -0.2) is 44.3 Å². The highest BCUT2D eigenvalue weighted by Gasteiger charge is 2.37. The number of alkyl halides is 3. The second-order valence-corrected chi connectivity index (χ2v) is 13.1. The average molecular weight is 686 g/mol. The molecule has 0 aliphatic carbocycles. The normalized spacial score (nSPS) is 12.3. The van der Waals surface area contributed by atoms with Crippen molar-refractivity contribution in [3.63, 3.8) is 0 Å². The summed E-state index contributed by atoms with van der Waals surface area (Å²) in [5.74, 6) is -1.22. The van der Waals surface area contributed by atoms with Gasteiger partial charge in [-0.3, -0.25) is 13.9 Å². The van der Waals surface area contributed by atoms with Gasteiger partial charge in [0.25, 0.3) is 10.0 Å². The van der Waals surface area contributed by atoms with Crippen LogP contribution in [0.1, 0.15) is 36.5 Å². The Morgan fingerprint density at radius 2 is 1.43 bits per heavy atom. The van der Waals surface area contributed by atoms with Crippen LogP contribution in [0.25, 0.3) is 0 Å². The van der Waals surface area contributed by atoms with Gasteiger partial charge in [-0.25, -0.2) is 8.42 Å². The zero-order valence-corrected chi connectivity index (χ0v) is 27.2. The van der Waals surface area contributed by atoms with Crippen LogP contribution in [0.15, 0.2) is 114 Å². The van der Waals surface area contributed by atoms with E-state index in [0.717, 1.165) is 24.1 Å². The van der Waals surface area contributed by atoms with Crippen LogP contribution in [0.3, 0.4) is 0 Å². The Labute approximate surface area is 278 Å². The average Bonchev–Trinajstić information content (AvgIpc) is 3.06. The van der Waals surface area contributed by atoms with Crippen molar-refractivity contribution in [3.8, 4) is 0 Å². The van der Waals surface area contributed by atoms with Crippen molar-refractivity contribution in [3.05, 3.63) is 131 Å². The summed E-state index contributed by atoms with van der Waals surface area (Å²) in [6.45, 7) is 1.39. The van der Waals surface area contributed by atoms with Crippen molar-refractivity contribution in [1.29, 1.82) is 0 Å². The minimum atomic E-state index is -4.89. The van der Waals surface area contributed by atoms with Gasteiger partial charge in [-0.2, -0.15) is 13.2 Å². The van der Waals surface area contributed by atoms with E-state index in [0.29, 0.717) is 28.9 Å². The van der Waals surface area contributed by atoms with E-state index in [2.05, 4.69) is 5.32 Å². The molecule has 0 spiro atoms. The smallest absolute Gasteiger partial charge is 0.354 e. The minimum Gasteiger partial charge on any atom is -0.354 e. The molecule has 248 valence electrons. The van der Waals surface area contributed by atoms with Crippen molar-refractivity contribution >= 4 is 39.1 Å². The lowest BCUT2D eigenvalue weighted by Crippen LogP contribution is -2.53. The van der Waals surface area contributed by atoms with E-state index in [1.807, 2.05) is 25.1 Å². The number of carbonyl (C=O) groups excluding carboxylic acids is 2. The molecule has 2 amide bonds. The van der Waals surface area contributed by atoms with Crippen molar-refractivity contribution in [2.45, 2.75) is 49.8 Å². The Hall–Kier alpha value is -4.35. The van der Waals surface area contributed by atoms with Crippen molar-refractivity contribution in [1.82, 2.24) is 10.2 Å². The number of nitrogens with zero attached hydrogens (tertiary/aromatic N) is 2. The number of sulfonamides is 1. The second-order valence-electron chi connectivity index (χ2n) is 10.8. The van der Waals surface area contributed by atoms with Gasteiger partial charge < -0.3 is 10.2 Å². The number of nitrogens with one attached hydrogen (secondary N) is 1. The lowest BCUT2D eigenvalue weighted by Gasteiger charge is -2.34. The number of hydrogen-bond acceptors (Lipinski definition) is 4. The molecule has 4 aromatic carbocycles. The maximum atomic E-state index is 14.4. The van der Waals surface area contributed by atoms with Crippen molar-refractivity contribution in [2.75, 3.05) is 17.4 Å². The standard InChI is InChI=1S/C35H35ClF3N3O4S/c1-2-3-21-40-34(44)32(22-26-13-7-4-8-14-26)41(24-27-15-9-5-10-16-27)33(43)25-42(47(45,46)29-17-11-6-12-18-29)28-19-20-31(36)30(23-28)35(37,38)39/h4-20,23,32H,2-3,21-22,24-25H2,1H3,(H,40,44).